The molecule has 1 fully saturated rings. The van der Waals surface area contributed by atoms with Crippen LogP contribution in [-0.4, -0.2) is 35.8 Å². The van der Waals surface area contributed by atoms with E-state index in [1.807, 2.05) is 12.1 Å². The number of ether oxygens (including phenoxy) is 3. The van der Waals surface area contributed by atoms with Crippen molar-refractivity contribution >= 4 is 17.0 Å². The van der Waals surface area contributed by atoms with Crippen molar-refractivity contribution in [2.75, 3.05) is 13.7 Å². The SMILES string of the molecule is COc1cccc2c1OC1(CCOC(C)(C)C1)N1N=C(c3cccs3)CC21. The molecule has 1 aromatic heterocycles. The summed E-state index contributed by atoms with van der Waals surface area (Å²) in [5, 5.41) is 9.41. The van der Waals surface area contributed by atoms with E-state index in [0.717, 1.165) is 42.0 Å². The number of thiophene rings is 1. The van der Waals surface area contributed by atoms with Crippen LogP contribution >= 0.6 is 11.3 Å². The van der Waals surface area contributed by atoms with Gasteiger partial charge >= 0.3 is 0 Å². The summed E-state index contributed by atoms with van der Waals surface area (Å²) < 4.78 is 18.4. The molecule has 6 heteroatoms. The molecule has 2 aromatic rings. The molecular formula is C21H24N2O3S. The summed E-state index contributed by atoms with van der Waals surface area (Å²) in [7, 11) is 1.70. The van der Waals surface area contributed by atoms with Gasteiger partial charge in [0.1, 0.15) is 0 Å². The first kappa shape index (κ1) is 17.1. The maximum absolute atomic E-state index is 6.71. The van der Waals surface area contributed by atoms with Gasteiger partial charge in [0, 0.05) is 24.8 Å². The molecule has 142 valence electrons. The number of para-hydroxylation sites is 1. The number of fused-ring (bicyclic) bond motifs is 4. The molecule has 3 aliphatic rings. The van der Waals surface area contributed by atoms with Crippen molar-refractivity contribution < 1.29 is 14.2 Å². The standard InChI is InChI=1S/C21H24N2O3S/c1-20(2)13-21(9-10-25-20)23-16(12-15(22-23)18-8-5-11-27-18)14-6-4-7-17(24-3)19(14)26-21/h4-8,11,16H,9-10,12-13H2,1-3H3. The van der Waals surface area contributed by atoms with E-state index in [1.54, 1.807) is 18.4 Å². The molecule has 5 nitrogen and oxygen atoms in total. The van der Waals surface area contributed by atoms with Gasteiger partial charge in [-0.05, 0) is 31.4 Å². The van der Waals surface area contributed by atoms with Crippen LogP contribution in [0, 0.1) is 0 Å². The lowest BCUT2D eigenvalue weighted by Crippen LogP contribution is -2.60. The van der Waals surface area contributed by atoms with E-state index in [1.165, 1.54) is 4.88 Å². The van der Waals surface area contributed by atoms with E-state index in [2.05, 4.69) is 42.4 Å². The van der Waals surface area contributed by atoms with Crippen LogP contribution in [0.1, 0.15) is 49.6 Å². The van der Waals surface area contributed by atoms with Crippen molar-refractivity contribution in [3.8, 4) is 11.5 Å². The molecule has 1 aromatic carbocycles. The Morgan fingerprint density at radius 1 is 1.26 bits per heavy atom. The normalized spacial score (nSPS) is 28.3. The molecule has 1 spiro atoms. The molecule has 27 heavy (non-hydrogen) atoms. The number of methoxy groups -OCH3 is 1. The third-order valence-electron chi connectivity index (χ3n) is 5.70. The maximum atomic E-state index is 6.71. The Bertz CT molecular complexity index is 893. The van der Waals surface area contributed by atoms with Crippen LogP contribution in [0.3, 0.4) is 0 Å². The van der Waals surface area contributed by atoms with Gasteiger partial charge in [-0.2, -0.15) is 5.10 Å². The average molecular weight is 385 g/mol. The van der Waals surface area contributed by atoms with Crippen molar-refractivity contribution in [3.63, 3.8) is 0 Å². The molecule has 0 N–H and O–H groups in total. The van der Waals surface area contributed by atoms with Crippen molar-refractivity contribution in [1.82, 2.24) is 5.01 Å². The van der Waals surface area contributed by atoms with Gasteiger partial charge in [-0.15, -0.1) is 11.3 Å². The number of benzene rings is 1. The number of hydrazone groups is 1. The van der Waals surface area contributed by atoms with Crippen LogP contribution in [0.2, 0.25) is 0 Å². The van der Waals surface area contributed by atoms with Gasteiger partial charge in [-0.1, -0.05) is 18.2 Å². The van der Waals surface area contributed by atoms with Crippen LogP contribution in [0.4, 0.5) is 0 Å². The molecule has 0 bridgehead atoms. The first-order valence-electron chi connectivity index (χ1n) is 9.42. The van der Waals surface area contributed by atoms with Gasteiger partial charge in [0.25, 0.3) is 0 Å². The summed E-state index contributed by atoms with van der Waals surface area (Å²) >= 11 is 1.74. The third-order valence-corrected chi connectivity index (χ3v) is 6.62. The summed E-state index contributed by atoms with van der Waals surface area (Å²) in [5.41, 5.74) is 1.52. The lowest BCUT2D eigenvalue weighted by molar-refractivity contribution is -0.212. The Kier molecular flexibility index (Phi) is 3.78. The molecule has 3 aliphatic heterocycles. The quantitative estimate of drug-likeness (QED) is 0.760. The van der Waals surface area contributed by atoms with E-state index in [-0.39, 0.29) is 11.6 Å². The minimum atomic E-state index is -0.507. The summed E-state index contributed by atoms with van der Waals surface area (Å²) in [5.74, 6) is 1.65. The highest BCUT2D eigenvalue weighted by molar-refractivity contribution is 7.12. The second kappa shape index (κ2) is 5.97. The van der Waals surface area contributed by atoms with Crippen molar-refractivity contribution in [2.24, 2.45) is 5.10 Å². The Morgan fingerprint density at radius 3 is 2.89 bits per heavy atom. The van der Waals surface area contributed by atoms with Crippen LogP contribution in [0.5, 0.6) is 11.5 Å². The van der Waals surface area contributed by atoms with E-state index in [4.69, 9.17) is 19.3 Å². The zero-order chi connectivity index (χ0) is 18.6. The lowest BCUT2D eigenvalue weighted by Gasteiger charge is -2.52. The number of rotatable bonds is 2. The molecule has 0 saturated carbocycles. The zero-order valence-corrected chi connectivity index (χ0v) is 16.7. The van der Waals surface area contributed by atoms with Gasteiger partial charge in [-0.25, -0.2) is 5.01 Å². The third kappa shape index (κ3) is 2.65. The smallest absolute Gasteiger partial charge is 0.203 e. The maximum Gasteiger partial charge on any atom is 0.203 e. The highest BCUT2D eigenvalue weighted by atomic mass is 32.1. The number of hydrogen-bond donors (Lipinski definition) is 0. The highest BCUT2D eigenvalue weighted by Gasteiger charge is 2.55. The Labute approximate surface area is 163 Å². The summed E-state index contributed by atoms with van der Waals surface area (Å²) in [4.78, 5) is 1.23. The van der Waals surface area contributed by atoms with Crippen molar-refractivity contribution in [3.05, 3.63) is 46.2 Å². The fourth-order valence-electron chi connectivity index (χ4n) is 4.60. The zero-order valence-electron chi connectivity index (χ0n) is 15.9. The predicted octanol–water partition coefficient (Wildman–Crippen LogP) is 4.59. The second-order valence-electron chi connectivity index (χ2n) is 8.05. The molecule has 0 radical (unpaired) electrons. The topological polar surface area (TPSA) is 43.3 Å². The fraction of sp³-hybridized carbons (Fsp3) is 0.476. The van der Waals surface area contributed by atoms with E-state index in [0.29, 0.717) is 6.61 Å². The van der Waals surface area contributed by atoms with Gasteiger partial charge < -0.3 is 14.2 Å². The highest BCUT2D eigenvalue weighted by Crippen LogP contribution is 2.54. The first-order chi connectivity index (χ1) is 13.0. The molecule has 1 saturated heterocycles. The molecule has 4 heterocycles. The van der Waals surface area contributed by atoms with Crippen LogP contribution < -0.4 is 9.47 Å². The molecule has 0 aliphatic carbocycles. The van der Waals surface area contributed by atoms with E-state index < -0.39 is 5.72 Å². The van der Waals surface area contributed by atoms with Crippen LogP contribution in [0.25, 0.3) is 0 Å². The van der Waals surface area contributed by atoms with Gasteiger partial charge in [0.2, 0.25) is 5.72 Å². The molecule has 5 rings (SSSR count). The summed E-state index contributed by atoms with van der Waals surface area (Å²) in [6, 6.07) is 10.5. The molecule has 2 unspecified atom stereocenters. The lowest BCUT2D eigenvalue weighted by atomic mass is 9.86. The molecular weight excluding hydrogens is 360 g/mol. The van der Waals surface area contributed by atoms with Crippen molar-refractivity contribution in [1.29, 1.82) is 0 Å². The summed E-state index contributed by atoms with van der Waals surface area (Å²) in [6.45, 7) is 4.92. The number of hydrogen-bond acceptors (Lipinski definition) is 6. The number of nitrogens with zero attached hydrogens (tertiary/aromatic N) is 2. The Hall–Kier alpha value is -2.05. The van der Waals surface area contributed by atoms with Gasteiger partial charge in [-0.3, -0.25) is 0 Å². The Balaban J connectivity index is 1.65. The minimum absolute atomic E-state index is 0.162. The predicted molar refractivity (Wildman–Crippen MR) is 106 cm³/mol. The monoisotopic (exact) mass is 384 g/mol. The minimum Gasteiger partial charge on any atom is -0.493 e. The molecule has 0 amide bonds. The van der Waals surface area contributed by atoms with Gasteiger partial charge in [0.15, 0.2) is 11.5 Å². The van der Waals surface area contributed by atoms with Gasteiger partial charge in [0.05, 0.1) is 35.9 Å². The Morgan fingerprint density at radius 2 is 2.15 bits per heavy atom. The largest absolute Gasteiger partial charge is 0.493 e. The van der Waals surface area contributed by atoms with Crippen LogP contribution in [0.15, 0.2) is 40.8 Å². The summed E-state index contributed by atoms with van der Waals surface area (Å²) in [6.07, 6.45) is 2.42. The fourth-order valence-corrected chi connectivity index (χ4v) is 5.32. The molecule has 2 atom stereocenters. The van der Waals surface area contributed by atoms with Crippen LogP contribution in [-0.2, 0) is 4.74 Å². The van der Waals surface area contributed by atoms with E-state index in [9.17, 15) is 0 Å². The first-order valence-corrected chi connectivity index (χ1v) is 10.3. The average Bonchev–Trinajstić information content (AvgIpc) is 3.30. The van der Waals surface area contributed by atoms with E-state index >= 15 is 0 Å². The second-order valence-corrected chi connectivity index (χ2v) is 9.00. The van der Waals surface area contributed by atoms with Crippen molar-refractivity contribution in [2.45, 2.75) is 50.5 Å².